The first-order chi connectivity index (χ1) is 7.43. The maximum Gasteiger partial charge on any atom is 0.323 e. The van der Waals surface area contributed by atoms with E-state index in [1.165, 1.54) is 0 Å². The topological polar surface area (TPSA) is 87.1 Å². The average molecular weight is 228 g/mol. The maximum atomic E-state index is 11.7. The molecule has 0 bridgehead atoms. The highest BCUT2D eigenvalue weighted by Gasteiger charge is 2.31. The summed E-state index contributed by atoms with van der Waals surface area (Å²) in [6.07, 6.45) is 0. The molecule has 1 N–H and O–H groups in total. The van der Waals surface area contributed by atoms with Gasteiger partial charge in [-0.1, -0.05) is 25.9 Å². The van der Waals surface area contributed by atoms with Crippen molar-refractivity contribution in [2.45, 2.75) is 33.7 Å². The van der Waals surface area contributed by atoms with Crippen LogP contribution in [0, 0.1) is 5.41 Å². The summed E-state index contributed by atoms with van der Waals surface area (Å²) >= 11 is 0. The molecule has 1 atom stereocenters. The molecule has 0 aliphatic rings. The Morgan fingerprint density at radius 3 is 2.62 bits per heavy atom. The van der Waals surface area contributed by atoms with E-state index < -0.39 is 0 Å². The molecule has 0 radical (unpaired) electrons. The van der Waals surface area contributed by atoms with E-state index in [0.717, 1.165) is 0 Å². The predicted molar refractivity (Wildman–Crippen MR) is 61.9 cm³/mol. The number of nitrogens with one attached hydrogen (secondary N) is 1. The second kappa shape index (κ2) is 7.09. The predicted octanol–water partition coefficient (Wildman–Crippen LogP) is 1.86. The molecular formula is C10H20N4O2. The van der Waals surface area contributed by atoms with E-state index in [1.807, 2.05) is 20.8 Å². The Bertz CT molecular complexity index is 266. The standard InChI is InChI=1S/C10H20N4O2/c1-5-16-9(15)8(10(2,3)4)12-6-7-13-14-11/h8,12H,5-7H2,1-4H3. The Labute approximate surface area is 96.0 Å². The van der Waals surface area contributed by atoms with Crippen LogP contribution in [-0.2, 0) is 9.53 Å². The first-order valence-corrected chi connectivity index (χ1v) is 5.34. The average Bonchev–Trinajstić information content (AvgIpc) is 2.16. The van der Waals surface area contributed by atoms with Crippen LogP contribution in [0.25, 0.3) is 10.4 Å². The van der Waals surface area contributed by atoms with Crippen molar-refractivity contribution < 1.29 is 9.53 Å². The molecule has 6 heteroatoms. The molecule has 0 spiro atoms. The Balaban J connectivity index is 4.33. The van der Waals surface area contributed by atoms with Crippen molar-refractivity contribution >= 4 is 5.97 Å². The fraction of sp³-hybridized carbons (Fsp3) is 0.900. The van der Waals surface area contributed by atoms with Crippen molar-refractivity contribution in [3.63, 3.8) is 0 Å². The lowest BCUT2D eigenvalue weighted by atomic mass is 9.87. The molecule has 6 nitrogen and oxygen atoms in total. The van der Waals surface area contributed by atoms with E-state index >= 15 is 0 Å². The number of hydrogen-bond acceptors (Lipinski definition) is 4. The number of carbonyl (C=O) groups is 1. The minimum atomic E-state index is -0.388. The number of carbonyl (C=O) groups excluding carboxylic acids is 1. The molecule has 0 aromatic rings. The summed E-state index contributed by atoms with van der Waals surface area (Å²) in [7, 11) is 0. The van der Waals surface area contributed by atoms with Gasteiger partial charge in [-0.2, -0.15) is 0 Å². The monoisotopic (exact) mass is 228 g/mol. The maximum absolute atomic E-state index is 11.7. The van der Waals surface area contributed by atoms with Gasteiger partial charge in [-0.15, -0.1) is 0 Å². The third kappa shape index (κ3) is 5.58. The quantitative estimate of drug-likeness (QED) is 0.247. The number of rotatable bonds is 6. The molecule has 16 heavy (non-hydrogen) atoms. The van der Waals surface area contributed by atoms with E-state index in [-0.39, 0.29) is 17.4 Å². The second-order valence-electron chi connectivity index (χ2n) is 4.46. The highest BCUT2D eigenvalue weighted by atomic mass is 16.5. The molecule has 1 unspecified atom stereocenters. The summed E-state index contributed by atoms with van der Waals surface area (Å²) in [4.78, 5) is 14.3. The van der Waals surface area contributed by atoms with Crippen molar-refractivity contribution in [1.29, 1.82) is 0 Å². The van der Waals surface area contributed by atoms with Crippen molar-refractivity contribution in [3.8, 4) is 0 Å². The second-order valence-corrected chi connectivity index (χ2v) is 4.46. The third-order valence-corrected chi connectivity index (χ3v) is 2.01. The highest BCUT2D eigenvalue weighted by molar-refractivity contribution is 5.76. The molecule has 0 heterocycles. The van der Waals surface area contributed by atoms with Gasteiger partial charge < -0.3 is 10.1 Å². The Morgan fingerprint density at radius 1 is 1.56 bits per heavy atom. The molecule has 0 aliphatic heterocycles. The smallest absolute Gasteiger partial charge is 0.323 e. The van der Waals surface area contributed by atoms with E-state index in [4.69, 9.17) is 10.3 Å². The Hall–Kier alpha value is -1.26. The van der Waals surface area contributed by atoms with E-state index in [0.29, 0.717) is 19.7 Å². The van der Waals surface area contributed by atoms with Crippen LogP contribution in [0.1, 0.15) is 27.7 Å². The number of hydrogen-bond donors (Lipinski definition) is 1. The van der Waals surface area contributed by atoms with Gasteiger partial charge in [0.25, 0.3) is 0 Å². The van der Waals surface area contributed by atoms with Crippen molar-refractivity contribution in [2.24, 2.45) is 10.5 Å². The Morgan fingerprint density at radius 2 is 2.19 bits per heavy atom. The first kappa shape index (κ1) is 14.7. The largest absolute Gasteiger partial charge is 0.465 e. The molecule has 0 fully saturated rings. The minimum Gasteiger partial charge on any atom is -0.465 e. The van der Waals surface area contributed by atoms with Crippen LogP contribution in [0.2, 0.25) is 0 Å². The van der Waals surface area contributed by atoms with Gasteiger partial charge in [0.2, 0.25) is 0 Å². The molecule has 0 saturated heterocycles. The molecule has 0 aliphatic carbocycles. The molecule has 92 valence electrons. The normalized spacial score (nSPS) is 12.8. The van der Waals surface area contributed by atoms with Gasteiger partial charge >= 0.3 is 5.97 Å². The van der Waals surface area contributed by atoms with E-state index in [1.54, 1.807) is 6.92 Å². The summed E-state index contributed by atoms with van der Waals surface area (Å²) in [5.41, 5.74) is 7.89. The zero-order chi connectivity index (χ0) is 12.6. The zero-order valence-electron chi connectivity index (χ0n) is 10.4. The molecule has 0 aromatic heterocycles. The first-order valence-electron chi connectivity index (χ1n) is 5.34. The van der Waals surface area contributed by atoms with Crippen molar-refractivity contribution in [3.05, 3.63) is 10.4 Å². The lowest BCUT2D eigenvalue weighted by Crippen LogP contribution is -2.48. The van der Waals surface area contributed by atoms with Crippen LogP contribution >= 0.6 is 0 Å². The van der Waals surface area contributed by atoms with E-state index in [2.05, 4.69) is 15.3 Å². The number of nitrogens with zero attached hydrogens (tertiary/aromatic N) is 3. The minimum absolute atomic E-state index is 0.234. The highest BCUT2D eigenvalue weighted by Crippen LogP contribution is 2.20. The molecule has 0 rings (SSSR count). The van der Waals surface area contributed by atoms with E-state index in [9.17, 15) is 4.79 Å². The summed E-state index contributed by atoms with van der Waals surface area (Å²) in [5.74, 6) is -0.268. The van der Waals surface area contributed by atoms with Crippen LogP contribution in [0.5, 0.6) is 0 Å². The molecule has 0 saturated carbocycles. The number of azide groups is 1. The summed E-state index contributed by atoms with van der Waals surface area (Å²) in [5, 5.41) is 6.44. The van der Waals surface area contributed by atoms with Gasteiger partial charge in [-0.3, -0.25) is 4.79 Å². The molecular weight excluding hydrogens is 208 g/mol. The van der Waals surface area contributed by atoms with Crippen LogP contribution in [0.15, 0.2) is 5.11 Å². The third-order valence-electron chi connectivity index (χ3n) is 2.01. The van der Waals surface area contributed by atoms with Crippen LogP contribution < -0.4 is 5.32 Å². The van der Waals surface area contributed by atoms with Gasteiger partial charge in [0.05, 0.1) is 6.61 Å². The van der Waals surface area contributed by atoms with Crippen LogP contribution in [0.4, 0.5) is 0 Å². The Kier molecular flexibility index (Phi) is 6.53. The molecule has 0 amide bonds. The number of ether oxygens (including phenoxy) is 1. The summed E-state index contributed by atoms with van der Waals surface area (Å²) < 4.78 is 4.98. The lowest BCUT2D eigenvalue weighted by Gasteiger charge is -2.29. The van der Waals surface area contributed by atoms with Crippen molar-refractivity contribution in [2.75, 3.05) is 19.7 Å². The van der Waals surface area contributed by atoms with Gasteiger partial charge in [-0.05, 0) is 17.9 Å². The number of esters is 1. The fourth-order valence-corrected chi connectivity index (χ4v) is 1.27. The lowest BCUT2D eigenvalue weighted by molar-refractivity contribution is -0.148. The fourth-order valence-electron chi connectivity index (χ4n) is 1.27. The van der Waals surface area contributed by atoms with Crippen LogP contribution in [-0.4, -0.2) is 31.7 Å². The van der Waals surface area contributed by atoms with Gasteiger partial charge in [0.15, 0.2) is 0 Å². The van der Waals surface area contributed by atoms with Crippen LogP contribution in [0.3, 0.4) is 0 Å². The van der Waals surface area contributed by atoms with Gasteiger partial charge in [0.1, 0.15) is 6.04 Å². The van der Waals surface area contributed by atoms with Gasteiger partial charge in [0, 0.05) is 18.0 Å². The zero-order valence-corrected chi connectivity index (χ0v) is 10.4. The summed E-state index contributed by atoms with van der Waals surface area (Å²) in [6.45, 7) is 8.79. The van der Waals surface area contributed by atoms with Gasteiger partial charge in [-0.25, -0.2) is 0 Å². The molecule has 0 aromatic carbocycles. The van der Waals surface area contributed by atoms with Crippen molar-refractivity contribution in [1.82, 2.24) is 5.32 Å². The SMILES string of the molecule is CCOC(=O)C(NCCN=[N+]=[N-])C(C)(C)C. The summed E-state index contributed by atoms with van der Waals surface area (Å²) in [6, 6.07) is -0.388.